The molecular weight excluding hydrogens is 495 g/mol. The fourth-order valence-corrected chi connectivity index (χ4v) is 5.02. The second kappa shape index (κ2) is 14.3. The molecule has 1 unspecified atom stereocenters. The number of nitrogens with zero attached hydrogens (tertiary/aromatic N) is 2. The van der Waals surface area contributed by atoms with Crippen molar-refractivity contribution in [3.8, 4) is 11.1 Å². The molecule has 0 aliphatic carbocycles. The molecule has 0 fully saturated rings. The molecule has 186 valence electrons. The number of thioether (sulfide) groups is 1. The van der Waals surface area contributed by atoms with Crippen molar-refractivity contribution in [1.82, 2.24) is 19.6 Å². The van der Waals surface area contributed by atoms with E-state index in [0.29, 0.717) is 29.8 Å². The minimum atomic E-state index is -3.83. The minimum absolute atomic E-state index is 0. The second-order valence-electron chi connectivity index (χ2n) is 7.77. The molecule has 2 aromatic carbocycles. The Labute approximate surface area is 227 Å². The largest absolute Gasteiger partial charge is 1.00 e. The van der Waals surface area contributed by atoms with Crippen LogP contribution in [0.3, 0.4) is 0 Å². The zero-order valence-electron chi connectivity index (χ0n) is 20.3. The van der Waals surface area contributed by atoms with Crippen molar-refractivity contribution >= 4 is 33.7 Å². The predicted molar refractivity (Wildman–Crippen MR) is 136 cm³/mol. The van der Waals surface area contributed by atoms with Crippen LogP contribution in [0.5, 0.6) is 0 Å². The predicted octanol–water partition coefficient (Wildman–Crippen LogP) is -0.141. The van der Waals surface area contributed by atoms with E-state index < -0.39 is 27.9 Å². The number of aryl methyl sites for hydroxylation is 1. The molecule has 1 heterocycles. The normalized spacial score (nSPS) is 11.9. The van der Waals surface area contributed by atoms with Crippen LogP contribution in [-0.2, 0) is 21.4 Å². The van der Waals surface area contributed by atoms with Gasteiger partial charge in [0, 0.05) is 31.0 Å². The Morgan fingerprint density at radius 3 is 2.56 bits per heavy atom. The summed E-state index contributed by atoms with van der Waals surface area (Å²) in [5.74, 6) is -1.12. The molecule has 1 atom stereocenters. The number of carboxylic acids is 1. The van der Waals surface area contributed by atoms with E-state index in [1.807, 2.05) is 16.9 Å². The van der Waals surface area contributed by atoms with Crippen molar-refractivity contribution in [1.29, 1.82) is 0 Å². The Bertz CT molecular complexity index is 1240. The fraction of sp³-hybridized carbons (Fsp3) is 0.292. The van der Waals surface area contributed by atoms with Gasteiger partial charge in [-0.3, -0.25) is 4.79 Å². The van der Waals surface area contributed by atoms with Crippen LogP contribution in [0, 0.1) is 0 Å². The van der Waals surface area contributed by atoms with Crippen molar-refractivity contribution < 1.29 is 42.0 Å². The number of rotatable bonds is 13. The summed E-state index contributed by atoms with van der Waals surface area (Å²) < 4.78 is 30.3. The summed E-state index contributed by atoms with van der Waals surface area (Å²) in [7, 11) is -3.83. The number of hydrogen-bond acceptors (Lipinski definition) is 6. The summed E-state index contributed by atoms with van der Waals surface area (Å²) in [4.78, 5) is 28.6. The monoisotopic (exact) mass is 523 g/mol. The topological polar surface area (TPSA) is 130 Å². The van der Waals surface area contributed by atoms with Gasteiger partial charge in [-0.25, -0.2) is 22.9 Å². The first-order valence-corrected chi connectivity index (χ1v) is 13.9. The molecule has 0 aliphatic rings. The summed E-state index contributed by atoms with van der Waals surface area (Å²) in [5.41, 5.74) is 1.25. The zero-order valence-corrected chi connectivity index (χ0v) is 21.9. The van der Waals surface area contributed by atoms with Crippen LogP contribution in [0.25, 0.3) is 11.1 Å². The zero-order chi connectivity index (χ0) is 25.3. The first kappa shape index (κ1) is 29.7. The van der Waals surface area contributed by atoms with Gasteiger partial charge < -0.3 is 15.0 Å². The quantitative estimate of drug-likeness (QED) is 0.210. The third kappa shape index (κ3) is 8.25. The summed E-state index contributed by atoms with van der Waals surface area (Å²) >= 11 is 1.49. The number of amides is 1. The first-order valence-electron chi connectivity index (χ1n) is 11.0. The van der Waals surface area contributed by atoms with Gasteiger partial charge in [0.2, 0.25) is 10.0 Å². The van der Waals surface area contributed by atoms with Gasteiger partial charge in [-0.2, -0.15) is 11.8 Å². The minimum Gasteiger partial charge on any atom is -0.480 e. The number of aliphatic carboxylic acids is 1. The number of sulfonamides is 1. The Balaban J connectivity index is 0.00000456. The van der Waals surface area contributed by atoms with Crippen LogP contribution in [-0.4, -0.2) is 59.5 Å². The maximum Gasteiger partial charge on any atom is 1.00 e. The molecular formula is C24H28LiN4O5S2+. The van der Waals surface area contributed by atoms with Gasteiger partial charge in [-0.1, -0.05) is 30.3 Å². The number of hydrogen-bond donors (Lipinski definition) is 3. The number of carbonyl (C=O) groups excluding carboxylic acids is 1. The molecule has 36 heavy (non-hydrogen) atoms. The molecule has 0 spiro atoms. The molecule has 3 aromatic rings. The molecule has 0 saturated heterocycles. The molecule has 12 heteroatoms. The molecule has 1 aromatic heterocycles. The summed E-state index contributed by atoms with van der Waals surface area (Å²) in [6, 6.07) is 12.1. The Morgan fingerprint density at radius 2 is 1.92 bits per heavy atom. The summed E-state index contributed by atoms with van der Waals surface area (Å²) in [6.07, 6.45) is 7.85. The SMILES string of the molecule is CSCCC(NC(=O)c1ccc(S(=O)(=O)NCCCn2ccnc2)cc1-c1ccccc1)C(=O)O.[Li+]. The number of imidazole rings is 1. The van der Waals surface area contributed by atoms with Crippen LogP contribution in [0.15, 0.2) is 72.1 Å². The van der Waals surface area contributed by atoms with E-state index in [9.17, 15) is 23.1 Å². The van der Waals surface area contributed by atoms with Crippen molar-refractivity contribution in [3.05, 3.63) is 72.8 Å². The third-order valence-electron chi connectivity index (χ3n) is 5.29. The molecule has 0 aliphatic heterocycles. The van der Waals surface area contributed by atoms with E-state index in [1.54, 1.807) is 43.0 Å². The number of benzene rings is 2. The molecule has 3 N–H and O–H groups in total. The van der Waals surface area contributed by atoms with E-state index in [0.717, 1.165) is 0 Å². The third-order valence-corrected chi connectivity index (χ3v) is 7.39. The number of carboxylic acid groups (broad SMARTS) is 1. The van der Waals surface area contributed by atoms with Gasteiger partial charge in [0.05, 0.1) is 11.2 Å². The van der Waals surface area contributed by atoms with Gasteiger partial charge >= 0.3 is 24.8 Å². The molecule has 0 bridgehead atoms. The molecule has 0 radical (unpaired) electrons. The summed E-state index contributed by atoms with van der Waals surface area (Å²) in [6.45, 7) is 0.858. The van der Waals surface area contributed by atoms with Crippen LogP contribution in [0.4, 0.5) is 0 Å². The Morgan fingerprint density at radius 1 is 1.17 bits per heavy atom. The van der Waals surface area contributed by atoms with Crippen molar-refractivity contribution in [2.45, 2.75) is 30.3 Å². The average molecular weight is 524 g/mol. The maximum atomic E-state index is 13.0. The smallest absolute Gasteiger partial charge is 0.480 e. The van der Waals surface area contributed by atoms with Crippen LogP contribution in [0.1, 0.15) is 23.2 Å². The van der Waals surface area contributed by atoms with Gasteiger partial charge in [-0.15, -0.1) is 0 Å². The van der Waals surface area contributed by atoms with E-state index in [2.05, 4.69) is 15.0 Å². The van der Waals surface area contributed by atoms with E-state index in [4.69, 9.17) is 0 Å². The van der Waals surface area contributed by atoms with Gasteiger partial charge in [-0.05, 0) is 54.2 Å². The number of carbonyl (C=O) groups is 2. The standard InChI is InChI=1S/C24H28N4O5S2.Li/c1-34-15-10-22(24(30)31)27-23(29)20-9-8-19(16-21(20)18-6-3-2-4-7-18)35(32,33)26-11-5-13-28-14-12-25-17-28;/h2-4,6-9,12,14,16-17,22,26H,5,10-11,13,15H2,1H3,(H,27,29)(H,30,31);/q;+1. The van der Waals surface area contributed by atoms with Crippen LogP contribution >= 0.6 is 11.8 Å². The second-order valence-corrected chi connectivity index (χ2v) is 10.5. The molecule has 3 rings (SSSR count). The number of aromatic nitrogens is 2. The van der Waals surface area contributed by atoms with Crippen LogP contribution in [0.2, 0.25) is 0 Å². The number of nitrogens with one attached hydrogen (secondary N) is 2. The van der Waals surface area contributed by atoms with E-state index in [-0.39, 0.29) is 42.3 Å². The maximum absolute atomic E-state index is 13.0. The van der Waals surface area contributed by atoms with Gasteiger partial charge in [0.1, 0.15) is 6.04 Å². The average Bonchev–Trinajstić information content (AvgIpc) is 3.38. The Hall–Kier alpha value is -2.55. The van der Waals surface area contributed by atoms with Crippen molar-refractivity contribution in [2.75, 3.05) is 18.6 Å². The van der Waals surface area contributed by atoms with E-state index in [1.165, 1.54) is 30.0 Å². The fourth-order valence-electron chi connectivity index (χ4n) is 3.44. The van der Waals surface area contributed by atoms with Crippen LogP contribution < -0.4 is 28.9 Å². The van der Waals surface area contributed by atoms with Crippen molar-refractivity contribution in [2.24, 2.45) is 0 Å². The van der Waals surface area contributed by atoms with Gasteiger partial charge in [0.15, 0.2) is 0 Å². The first-order chi connectivity index (χ1) is 16.8. The Kier molecular flexibility index (Phi) is 11.7. The summed E-state index contributed by atoms with van der Waals surface area (Å²) in [5, 5.41) is 12.0. The molecule has 1 amide bonds. The molecule has 9 nitrogen and oxygen atoms in total. The van der Waals surface area contributed by atoms with E-state index >= 15 is 0 Å². The van der Waals surface area contributed by atoms with Crippen molar-refractivity contribution in [3.63, 3.8) is 0 Å². The molecule has 0 saturated carbocycles. The van der Waals surface area contributed by atoms with Gasteiger partial charge in [0.25, 0.3) is 5.91 Å².